The lowest BCUT2D eigenvalue weighted by atomic mass is 10.1. The third kappa shape index (κ3) is 3.71. The summed E-state index contributed by atoms with van der Waals surface area (Å²) >= 11 is 0. The van der Waals surface area contributed by atoms with Crippen LogP contribution in [0.5, 0.6) is 0 Å². The Bertz CT molecular complexity index is 935. The molecule has 1 heterocycles. The van der Waals surface area contributed by atoms with Crippen LogP contribution in [0.25, 0.3) is 11.3 Å². The molecule has 7 heteroatoms. The van der Waals surface area contributed by atoms with Gasteiger partial charge in [0.15, 0.2) is 0 Å². The van der Waals surface area contributed by atoms with Crippen molar-refractivity contribution in [2.75, 3.05) is 5.32 Å². The molecular weight excluding hydrogens is 346 g/mol. The fourth-order valence-corrected chi connectivity index (χ4v) is 2.74. The molecule has 136 valence electrons. The number of halogens is 4. The summed E-state index contributed by atoms with van der Waals surface area (Å²) in [5, 5.41) is 6.77. The van der Waals surface area contributed by atoms with Crippen LogP contribution in [0.2, 0.25) is 0 Å². The van der Waals surface area contributed by atoms with E-state index in [1.807, 2.05) is 0 Å². The third-order valence-corrected chi connectivity index (χ3v) is 4.15. The van der Waals surface area contributed by atoms with Gasteiger partial charge in [0.1, 0.15) is 17.3 Å². The quantitative estimate of drug-likeness (QED) is 0.630. The SMILES string of the molecule is Cc1cc(F)ccc1CNc1ccc(-c2cc(C(F)F)nn2C)c(F)c1. The fourth-order valence-electron chi connectivity index (χ4n) is 2.74. The molecule has 0 saturated carbocycles. The number of hydrogen-bond donors (Lipinski definition) is 1. The topological polar surface area (TPSA) is 29.9 Å². The van der Waals surface area contributed by atoms with E-state index in [0.717, 1.165) is 11.1 Å². The Balaban J connectivity index is 1.79. The molecule has 26 heavy (non-hydrogen) atoms. The Morgan fingerprint density at radius 2 is 1.85 bits per heavy atom. The molecule has 3 aromatic rings. The summed E-state index contributed by atoms with van der Waals surface area (Å²) in [6.07, 6.45) is -2.71. The van der Waals surface area contributed by atoms with Gasteiger partial charge in [0.05, 0.1) is 5.69 Å². The first-order valence-corrected chi connectivity index (χ1v) is 7.96. The number of aromatic nitrogens is 2. The Kier molecular flexibility index (Phi) is 4.97. The van der Waals surface area contributed by atoms with Gasteiger partial charge in [-0.15, -0.1) is 0 Å². The first-order chi connectivity index (χ1) is 12.3. The van der Waals surface area contributed by atoms with Gasteiger partial charge in [0.25, 0.3) is 6.43 Å². The number of benzene rings is 2. The molecule has 3 rings (SSSR count). The summed E-state index contributed by atoms with van der Waals surface area (Å²) in [6, 6.07) is 10.1. The van der Waals surface area contributed by atoms with Crippen LogP contribution in [0.4, 0.5) is 23.2 Å². The van der Waals surface area contributed by atoms with E-state index in [2.05, 4.69) is 10.4 Å². The van der Waals surface area contributed by atoms with Gasteiger partial charge in [0.2, 0.25) is 0 Å². The molecule has 0 aliphatic rings. The maximum atomic E-state index is 14.5. The second-order valence-corrected chi connectivity index (χ2v) is 6.00. The van der Waals surface area contributed by atoms with Gasteiger partial charge < -0.3 is 5.32 Å². The highest BCUT2D eigenvalue weighted by Gasteiger charge is 2.17. The second-order valence-electron chi connectivity index (χ2n) is 6.00. The van der Waals surface area contributed by atoms with E-state index < -0.39 is 17.9 Å². The zero-order valence-electron chi connectivity index (χ0n) is 14.2. The maximum absolute atomic E-state index is 14.5. The van der Waals surface area contributed by atoms with Crippen LogP contribution in [0.15, 0.2) is 42.5 Å². The number of aryl methyl sites for hydroxylation is 2. The molecule has 2 aromatic carbocycles. The van der Waals surface area contributed by atoms with E-state index in [-0.39, 0.29) is 17.1 Å². The van der Waals surface area contributed by atoms with Gasteiger partial charge in [-0.1, -0.05) is 6.07 Å². The van der Waals surface area contributed by atoms with Gasteiger partial charge in [0, 0.05) is 24.8 Å². The Hall–Kier alpha value is -2.83. The third-order valence-electron chi connectivity index (χ3n) is 4.15. The summed E-state index contributed by atoms with van der Waals surface area (Å²) in [4.78, 5) is 0. The van der Waals surface area contributed by atoms with Gasteiger partial charge >= 0.3 is 0 Å². The first-order valence-electron chi connectivity index (χ1n) is 7.96. The minimum Gasteiger partial charge on any atom is -0.381 e. The Morgan fingerprint density at radius 3 is 2.46 bits per heavy atom. The molecule has 0 bridgehead atoms. The van der Waals surface area contributed by atoms with Crippen molar-refractivity contribution in [1.82, 2.24) is 9.78 Å². The van der Waals surface area contributed by atoms with E-state index >= 15 is 0 Å². The minimum atomic E-state index is -2.71. The molecule has 0 aliphatic carbocycles. The minimum absolute atomic E-state index is 0.190. The number of anilines is 1. The summed E-state index contributed by atoms with van der Waals surface area (Å²) in [6.45, 7) is 2.21. The second kappa shape index (κ2) is 7.19. The van der Waals surface area contributed by atoms with E-state index in [1.165, 1.54) is 42.1 Å². The zero-order valence-corrected chi connectivity index (χ0v) is 14.2. The summed E-state index contributed by atoms with van der Waals surface area (Å²) < 4.78 is 54.3. The van der Waals surface area contributed by atoms with Crippen molar-refractivity contribution in [1.29, 1.82) is 0 Å². The standard InChI is InChI=1S/C19H17F4N3/c1-11-7-13(20)4-3-12(11)10-24-14-5-6-15(16(21)8-14)18-9-17(19(22)23)25-26(18)2/h3-9,19,24H,10H2,1-2H3. The highest BCUT2D eigenvalue weighted by molar-refractivity contribution is 5.64. The van der Waals surface area contributed by atoms with Gasteiger partial charge in [-0.3, -0.25) is 4.68 Å². The predicted octanol–water partition coefficient (Wildman–Crippen LogP) is 5.22. The molecule has 0 spiro atoms. The maximum Gasteiger partial charge on any atom is 0.282 e. The summed E-state index contributed by atoms with van der Waals surface area (Å²) in [7, 11) is 1.49. The molecule has 0 unspecified atom stereocenters. The molecule has 0 amide bonds. The molecule has 0 aliphatic heterocycles. The molecular formula is C19H17F4N3. The molecule has 0 fully saturated rings. The average molecular weight is 363 g/mol. The lowest BCUT2D eigenvalue weighted by Crippen LogP contribution is -2.03. The number of rotatable bonds is 5. The summed E-state index contributed by atoms with van der Waals surface area (Å²) in [5.41, 5.74) is 2.30. The molecule has 0 atom stereocenters. The summed E-state index contributed by atoms with van der Waals surface area (Å²) in [5.74, 6) is -0.851. The number of hydrogen-bond acceptors (Lipinski definition) is 2. The largest absolute Gasteiger partial charge is 0.381 e. The zero-order chi connectivity index (χ0) is 18.8. The van der Waals surface area contributed by atoms with Crippen LogP contribution in [-0.2, 0) is 13.6 Å². The highest BCUT2D eigenvalue weighted by Crippen LogP contribution is 2.28. The Labute approximate surface area is 148 Å². The van der Waals surface area contributed by atoms with Crippen molar-refractivity contribution in [2.45, 2.75) is 19.9 Å². The highest BCUT2D eigenvalue weighted by atomic mass is 19.3. The van der Waals surface area contributed by atoms with Crippen LogP contribution in [0.1, 0.15) is 23.2 Å². The van der Waals surface area contributed by atoms with Crippen LogP contribution < -0.4 is 5.32 Å². The Morgan fingerprint density at radius 1 is 1.08 bits per heavy atom. The van der Waals surface area contributed by atoms with Crippen molar-refractivity contribution in [3.63, 3.8) is 0 Å². The van der Waals surface area contributed by atoms with Crippen LogP contribution in [0, 0.1) is 18.6 Å². The van der Waals surface area contributed by atoms with Crippen LogP contribution >= 0.6 is 0 Å². The number of nitrogens with zero attached hydrogens (tertiary/aromatic N) is 2. The van der Waals surface area contributed by atoms with E-state index in [9.17, 15) is 17.6 Å². The van der Waals surface area contributed by atoms with Crippen molar-refractivity contribution < 1.29 is 17.6 Å². The fraction of sp³-hybridized carbons (Fsp3) is 0.211. The van der Waals surface area contributed by atoms with Gasteiger partial charge in [-0.05, 0) is 54.4 Å². The normalized spacial score (nSPS) is 11.2. The molecule has 1 N–H and O–H groups in total. The molecule has 1 aromatic heterocycles. The number of nitrogens with one attached hydrogen (secondary N) is 1. The van der Waals surface area contributed by atoms with E-state index in [4.69, 9.17) is 0 Å². The smallest absolute Gasteiger partial charge is 0.282 e. The van der Waals surface area contributed by atoms with Gasteiger partial charge in [-0.25, -0.2) is 17.6 Å². The monoisotopic (exact) mass is 363 g/mol. The molecule has 0 radical (unpaired) electrons. The molecule has 0 saturated heterocycles. The van der Waals surface area contributed by atoms with Crippen molar-refractivity contribution in [2.24, 2.45) is 7.05 Å². The van der Waals surface area contributed by atoms with E-state index in [0.29, 0.717) is 12.2 Å². The van der Waals surface area contributed by atoms with Gasteiger partial charge in [-0.2, -0.15) is 5.10 Å². The van der Waals surface area contributed by atoms with Crippen LogP contribution in [0.3, 0.4) is 0 Å². The van der Waals surface area contributed by atoms with Crippen LogP contribution in [-0.4, -0.2) is 9.78 Å². The predicted molar refractivity (Wildman–Crippen MR) is 92.0 cm³/mol. The molecule has 3 nitrogen and oxygen atoms in total. The lowest BCUT2D eigenvalue weighted by Gasteiger charge is -2.11. The van der Waals surface area contributed by atoms with Crippen molar-refractivity contribution >= 4 is 5.69 Å². The van der Waals surface area contributed by atoms with Crippen molar-refractivity contribution in [3.8, 4) is 11.3 Å². The average Bonchev–Trinajstić information content (AvgIpc) is 2.96. The van der Waals surface area contributed by atoms with E-state index in [1.54, 1.807) is 19.1 Å². The lowest BCUT2D eigenvalue weighted by molar-refractivity contribution is 0.145. The van der Waals surface area contributed by atoms with Crippen molar-refractivity contribution in [3.05, 3.63) is 70.9 Å². The first kappa shape index (κ1) is 18.0. The number of alkyl halides is 2.